The number of nitrogens with one attached hydrogen (secondary N) is 1. The fraction of sp³-hybridized carbons (Fsp3) is 0.267. The highest BCUT2D eigenvalue weighted by molar-refractivity contribution is 6.02. The Balaban J connectivity index is 2.19. The molecule has 3 N–H and O–H groups in total. The van der Waals surface area contributed by atoms with Crippen molar-refractivity contribution in [1.29, 1.82) is 0 Å². The van der Waals surface area contributed by atoms with Gasteiger partial charge in [-0.25, -0.2) is 0 Å². The van der Waals surface area contributed by atoms with Crippen LogP contribution in [0.1, 0.15) is 13.3 Å². The smallest absolute Gasteiger partial charge is 0.224 e. The van der Waals surface area contributed by atoms with Gasteiger partial charge in [-0.15, -0.1) is 0 Å². The van der Waals surface area contributed by atoms with Gasteiger partial charge < -0.3 is 11.1 Å². The topological polar surface area (TPSA) is 55.1 Å². The molecular weight excluding hydrogens is 224 g/mol. The van der Waals surface area contributed by atoms with Crippen LogP contribution >= 0.6 is 0 Å². The van der Waals surface area contributed by atoms with Crippen LogP contribution in [-0.2, 0) is 4.79 Å². The average Bonchev–Trinajstić information content (AvgIpc) is 2.39. The highest BCUT2D eigenvalue weighted by Gasteiger charge is 2.09. The van der Waals surface area contributed by atoms with Crippen LogP contribution < -0.4 is 11.1 Å². The number of fused-ring (bicyclic) bond motifs is 1. The third-order valence-electron chi connectivity index (χ3n) is 3.00. The summed E-state index contributed by atoms with van der Waals surface area (Å²) in [6.07, 6.45) is 0.458. The molecule has 2 aromatic carbocycles. The fourth-order valence-electron chi connectivity index (χ4n) is 1.94. The highest BCUT2D eigenvalue weighted by Crippen LogP contribution is 2.23. The number of carbonyl (C=O) groups is 1. The summed E-state index contributed by atoms with van der Waals surface area (Å²) in [4.78, 5) is 11.9. The number of carbonyl (C=O) groups excluding carboxylic acids is 1. The van der Waals surface area contributed by atoms with Gasteiger partial charge in [-0.2, -0.15) is 0 Å². The zero-order chi connectivity index (χ0) is 13.0. The standard InChI is InChI=1S/C15H18N2O/c1-11(10-16)9-15(18)17-14-8-4-6-12-5-2-3-7-13(12)14/h2-8,11H,9-10,16H2,1H3,(H,17,18). The minimum absolute atomic E-state index is 0.0179. The second-order valence-corrected chi connectivity index (χ2v) is 4.62. The molecule has 0 spiro atoms. The lowest BCUT2D eigenvalue weighted by atomic mass is 10.1. The van der Waals surface area contributed by atoms with Crippen molar-refractivity contribution in [3.8, 4) is 0 Å². The summed E-state index contributed by atoms with van der Waals surface area (Å²) in [5, 5.41) is 5.15. The molecule has 94 valence electrons. The number of amides is 1. The molecule has 18 heavy (non-hydrogen) atoms. The van der Waals surface area contributed by atoms with Crippen molar-refractivity contribution in [1.82, 2.24) is 0 Å². The molecule has 0 aliphatic carbocycles. The van der Waals surface area contributed by atoms with E-state index in [9.17, 15) is 4.79 Å². The Kier molecular flexibility index (Phi) is 3.95. The van der Waals surface area contributed by atoms with E-state index in [1.54, 1.807) is 0 Å². The van der Waals surface area contributed by atoms with Gasteiger partial charge in [-0.05, 0) is 23.9 Å². The Morgan fingerprint density at radius 1 is 1.22 bits per heavy atom. The van der Waals surface area contributed by atoms with Gasteiger partial charge in [0.2, 0.25) is 5.91 Å². The lowest BCUT2D eigenvalue weighted by Crippen LogP contribution is -2.20. The van der Waals surface area contributed by atoms with Gasteiger partial charge in [0, 0.05) is 17.5 Å². The van der Waals surface area contributed by atoms with Crippen molar-refractivity contribution in [2.75, 3.05) is 11.9 Å². The zero-order valence-electron chi connectivity index (χ0n) is 10.5. The minimum atomic E-state index is 0.0179. The second-order valence-electron chi connectivity index (χ2n) is 4.62. The van der Waals surface area contributed by atoms with Gasteiger partial charge in [0.15, 0.2) is 0 Å². The molecule has 0 saturated carbocycles. The average molecular weight is 242 g/mol. The third-order valence-corrected chi connectivity index (χ3v) is 3.00. The Hall–Kier alpha value is -1.87. The Labute approximate surface area is 107 Å². The SMILES string of the molecule is CC(CN)CC(=O)Nc1cccc2ccccc12. The van der Waals surface area contributed by atoms with Gasteiger partial charge >= 0.3 is 0 Å². The first-order valence-electron chi connectivity index (χ1n) is 6.18. The van der Waals surface area contributed by atoms with E-state index >= 15 is 0 Å². The molecule has 1 atom stereocenters. The summed E-state index contributed by atoms with van der Waals surface area (Å²) < 4.78 is 0. The summed E-state index contributed by atoms with van der Waals surface area (Å²) in [6.45, 7) is 2.51. The molecule has 0 aromatic heterocycles. The lowest BCUT2D eigenvalue weighted by molar-refractivity contribution is -0.116. The fourth-order valence-corrected chi connectivity index (χ4v) is 1.94. The van der Waals surface area contributed by atoms with Crippen LogP contribution in [0.5, 0.6) is 0 Å². The van der Waals surface area contributed by atoms with Crippen LogP contribution in [0.3, 0.4) is 0 Å². The molecule has 0 heterocycles. The summed E-state index contributed by atoms with van der Waals surface area (Å²) in [7, 11) is 0. The monoisotopic (exact) mass is 242 g/mol. The molecular formula is C15H18N2O. The first-order valence-corrected chi connectivity index (χ1v) is 6.18. The predicted molar refractivity (Wildman–Crippen MR) is 75.4 cm³/mol. The van der Waals surface area contributed by atoms with E-state index in [2.05, 4.69) is 5.32 Å². The summed E-state index contributed by atoms with van der Waals surface area (Å²) in [5.41, 5.74) is 6.39. The maximum atomic E-state index is 11.9. The molecule has 3 heteroatoms. The van der Waals surface area contributed by atoms with E-state index in [0.717, 1.165) is 16.5 Å². The number of nitrogens with two attached hydrogens (primary N) is 1. The van der Waals surface area contributed by atoms with Crippen molar-refractivity contribution >= 4 is 22.4 Å². The van der Waals surface area contributed by atoms with Gasteiger partial charge in [0.1, 0.15) is 0 Å². The van der Waals surface area contributed by atoms with E-state index in [-0.39, 0.29) is 11.8 Å². The maximum absolute atomic E-state index is 11.9. The molecule has 0 saturated heterocycles. The van der Waals surface area contributed by atoms with Crippen LogP contribution in [0.15, 0.2) is 42.5 Å². The van der Waals surface area contributed by atoms with Gasteiger partial charge in [0.25, 0.3) is 0 Å². The van der Waals surface area contributed by atoms with Crippen molar-refractivity contribution < 1.29 is 4.79 Å². The van der Waals surface area contributed by atoms with Crippen LogP contribution in [0, 0.1) is 5.92 Å². The van der Waals surface area contributed by atoms with E-state index < -0.39 is 0 Å². The number of hydrogen-bond donors (Lipinski definition) is 2. The number of rotatable bonds is 4. The molecule has 1 amide bonds. The van der Waals surface area contributed by atoms with E-state index in [1.807, 2.05) is 49.4 Å². The minimum Gasteiger partial charge on any atom is -0.330 e. The van der Waals surface area contributed by atoms with Gasteiger partial charge in [-0.1, -0.05) is 43.3 Å². The molecule has 2 aromatic rings. The van der Waals surface area contributed by atoms with Crippen molar-refractivity contribution in [2.24, 2.45) is 11.7 Å². The first-order chi connectivity index (χ1) is 8.70. The number of anilines is 1. The lowest BCUT2D eigenvalue weighted by Gasteiger charge is -2.11. The number of hydrogen-bond acceptors (Lipinski definition) is 2. The predicted octanol–water partition coefficient (Wildman–Crippen LogP) is 2.76. The second kappa shape index (κ2) is 5.65. The quantitative estimate of drug-likeness (QED) is 0.866. The normalized spacial score (nSPS) is 12.3. The molecule has 1 unspecified atom stereocenters. The van der Waals surface area contributed by atoms with Crippen LogP contribution in [-0.4, -0.2) is 12.5 Å². The molecule has 3 nitrogen and oxygen atoms in total. The van der Waals surface area contributed by atoms with E-state index in [1.165, 1.54) is 0 Å². The van der Waals surface area contributed by atoms with Crippen molar-refractivity contribution in [3.05, 3.63) is 42.5 Å². The number of benzene rings is 2. The molecule has 0 aliphatic heterocycles. The maximum Gasteiger partial charge on any atom is 0.224 e. The van der Waals surface area contributed by atoms with Crippen molar-refractivity contribution in [2.45, 2.75) is 13.3 Å². The summed E-state index contributed by atoms with van der Waals surface area (Å²) in [5.74, 6) is 0.226. The Morgan fingerprint density at radius 2 is 1.94 bits per heavy atom. The molecule has 0 bridgehead atoms. The van der Waals surface area contributed by atoms with Crippen LogP contribution in [0.2, 0.25) is 0 Å². The molecule has 0 radical (unpaired) electrons. The summed E-state index contributed by atoms with van der Waals surface area (Å²) >= 11 is 0. The third kappa shape index (κ3) is 2.87. The Morgan fingerprint density at radius 3 is 2.72 bits per heavy atom. The van der Waals surface area contributed by atoms with Gasteiger partial charge in [0.05, 0.1) is 0 Å². The van der Waals surface area contributed by atoms with Gasteiger partial charge in [-0.3, -0.25) is 4.79 Å². The molecule has 0 aliphatic rings. The zero-order valence-corrected chi connectivity index (χ0v) is 10.5. The Bertz CT molecular complexity index is 546. The molecule has 2 rings (SSSR count). The first kappa shape index (κ1) is 12.6. The largest absolute Gasteiger partial charge is 0.330 e. The van der Waals surface area contributed by atoms with Crippen LogP contribution in [0.4, 0.5) is 5.69 Å². The van der Waals surface area contributed by atoms with E-state index in [0.29, 0.717) is 13.0 Å². The van der Waals surface area contributed by atoms with E-state index in [4.69, 9.17) is 5.73 Å². The van der Waals surface area contributed by atoms with Crippen molar-refractivity contribution in [3.63, 3.8) is 0 Å². The summed E-state index contributed by atoms with van der Waals surface area (Å²) in [6, 6.07) is 13.9. The highest BCUT2D eigenvalue weighted by atomic mass is 16.1. The molecule has 0 fully saturated rings. The van der Waals surface area contributed by atoms with Crippen LogP contribution in [0.25, 0.3) is 10.8 Å².